The van der Waals surface area contributed by atoms with Crippen LogP contribution in [0.5, 0.6) is 0 Å². The molecule has 1 rings (SSSR count). The first-order valence-corrected chi connectivity index (χ1v) is 4.53. The van der Waals surface area contributed by atoms with Crippen LogP contribution in [-0.4, -0.2) is 36.1 Å². The summed E-state index contributed by atoms with van der Waals surface area (Å²) < 4.78 is 10.7. The van der Waals surface area contributed by atoms with E-state index in [1.165, 1.54) is 0 Å². The standard InChI is InChI=1S/C10H16O3/c1-4-5-12-9-6-7(2)13-8(3)10(9)11/h1,7-11H,5-6H2,2-3H3. The van der Waals surface area contributed by atoms with Crippen molar-refractivity contribution in [1.29, 1.82) is 0 Å². The summed E-state index contributed by atoms with van der Waals surface area (Å²) >= 11 is 0. The Bertz CT molecular complexity index is 197. The van der Waals surface area contributed by atoms with E-state index in [2.05, 4.69) is 5.92 Å². The first kappa shape index (κ1) is 10.5. The van der Waals surface area contributed by atoms with Crippen LogP contribution in [0, 0.1) is 12.3 Å². The van der Waals surface area contributed by atoms with Gasteiger partial charge in [0.2, 0.25) is 0 Å². The maximum Gasteiger partial charge on any atom is 0.107 e. The van der Waals surface area contributed by atoms with Crippen LogP contribution in [-0.2, 0) is 9.47 Å². The van der Waals surface area contributed by atoms with Crippen molar-refractivity contribution < 1.29 is 14.6 Å². The predicted molar refractivity (Wildman–Crippen MR) is 49.2 cm³/mol. The number of terminal acetylenes is 1. The van der Waals surface area contributed by atoms with Gasteiger partial charge >= 0.3 is 0 Å². The molecule has 0 bridgehead atoms. The molecule has 0 aromatic heterocycles. The first-order chi connectivity index (χ1) is 6.15. The van der Waals surface area contributed by atoms with Gasteiger partial charge in [-0.3, -0.25) is 0 Å². The summed E-state index contributed by atoms with van der Waals surface area (Å²) in [6.07, 6.45) is 4.98. The molecule has 1 heterocycles. The van der Waals surface area contributed by atoms with E-state index >= 15 is 0 Å². The second-order valence-corrected chi connectivity index (χ2v) is 3.43. The van der Waals surface area contributed by atoms with E-state index in [4.69, 9.17) is 15.9 Å². The third kappa shape index (κ3) is 2.70. The average Bonchev–Trinajstić information content (AvgIpc) is 2.09. The monoisotopic (exact) mass is 184 g/mol. The van der Waals surface area contributed by atoms with Crippen LogP contribution in [0.4, 0.5) is 0 Å². The molecule has 0 saturated carbocycles. The third-order valence-electron chi connectivity index (χ3n) is 2.25. The van der Waals surface area contributed by atoms with E-state index in [-0.39, 0.29) is 24.9 Å². The van der Waals surface area contributed by atoms with Crippen LogP contribution in [0.3, 0.4) is 0 Å². The number of ether oxygens (including phenoxy) is 2. The zero-order valence-corrected chi connectivity index (χ0v) is 8.06. The van der Waals surface area contributed by atoms with Crippen molar-refractivity contribution in [2.45, 2.75) is 44.7 Å². The summed E-state index contributed by atoms with van der Waals surface area (Å²) in [6.45, 7) is 4.06. The van der Waals surface area contributed by atoms with Gasteiger partial charge in [0.05, 0.1) is 18.3 Å². The maximum atomic E-state index is 9.66. The Labute approximate surface area is 79.0 Å². The molecule has 0 aromatic rings. The number of hydrogen-bond donors (Lipinski definition) is 1. The van der Waals surface area contributed by atoms with Crippen molar-refractivity contribution >= 4 is 0 Å². The normalized spacial score (nSPS) is 39.8. The predicted octanol–water partition coefficient (Wildman–Crippen LogP) is 0.563. The smallest absolute Gasteiger partial charge is 0.107 e. The Morgan fingerprint density at radius 3 is 2.92 bits per heavy atom. The molecule has 3 nitrogen and oxygen atoms in total. The fraction of sp³-hybridized carbons (Fsp3) is 0.800. The quantitative estimate of drug-likeness (QED) is 0.637. The SMILES string of the molecule is C#CCOC1CC(C)OC(C)C1O. The van der Waals surface area contributed by atoms with E-state index in [9.17, 15) is 5.11 Å². The van der Waals surface area contributed by atoms with Crippen molar-refractivity contribution in [2.24, 2.45) is 0 Å². The highest BCUT2D eigenvalue weighted by atomic mass is 16.5. The van der Waals surface area contributed by atoms with Gasteiger partial charge in [0.25, 0.3) is 0 Å². The lowest BCUT2D eigenvalue weighted by Crippen LogP contribution is -2.47. The highest BCUT2D eigenvalue weighted by Gasteiger charge is 2.33. The van der Waals surface area contributed by atoms with E-state index in [1.54, 1.807) is 0 Å². The first-order valence-electron chi connectivity index (χ1n) is 4.53. The van der Waals surface area contributed by atoms with Crippen molar-refractivity contribution in [3.05, 3.63) is 0 Å². The average molecular weight is 184 g/mol. The molecule has 0 aliphatic carbocycles. The van der Waals surface area contributed by atoms with Crippen LogP contribution < -0.4 is 0 Å². The Hall–Kier alpha value is -0.560. The van der Waals surface area contributed by atoms with Gasteiger partial charge < -0.3 is 14.6 Å². The minimum Gasteiger partial charge on any atom is -0.388 e. The molecule has 1 N–H and O–H groups in total. The number of rotatable bonds is 2. The lowest BCUT2D eigenvalue weighted by Gasteiger charge is -2.36. The van der Waals surface area contributed by atoms with E-state index in [0.29, 0.717) is 6.42 Å². The molecular weight excluding hydrogens is 168 g/mol. The van der Waals surface area contributed by atoms with Gasteiger partial charge in [-0.15, -0.1) is 6.42 Å². The Kier molecular flexibility index (Phi) is 3.73. The fourth-order valence-electron chi connectivity index (χ4n) is 1.59. The molecule has 1 aliphatic heterocycles. The second-order valence-electron chi connectivity index (χ2n) is 3.43. The highest BCUT2D eigenvalue weighted by Crippen LogP contribution is 2.21. The second kappa shape index (κ2) is 4.61. The van der Waals surface area contributed by atoms with Crippen LogP contribution in [0.25, 0.3) is 0 Å². The molecule has 0 aromatic carbocycles. The van der Waals surface area contributed by atoms with Crippen LogP contribution in [0.2, 0.25) is 0 Å². The van der Waals surface area contributed by atoms with Gasteiger partial charge in [0, 0.05) is 6.42 Å². The molecule has 74 valence electrons. The van der Waals surface area contributed by atoms with Gasteiger partial charge in [-0.2, -0.15) is 0 Å². The minimum absolute atomic E-state index is 0.126. The Balaban J connectivity index is 2.46. The molecule has 3 heteroatoms. The third-order valence-corrected chi connectivity index (χ3v) is 2.25. The summed E-state index contributed by atoms with van der Waals surface area (Å²) in [5, 5.41) is 9.66. The number of aliphatic hydroxyl groups is 1. The van der Waals surface area contributed by atoms with Gasteiger partial charge in [-0.05, 0) is 13.8 Å². The summed E-state index contributed by atoms with van der Waals surface area (Å²) in [6, 6.07) is 0. The van der Waals surface area contributed by atoms with Crippen LogP contribution >= 0.6 is 0 Å². The summed E-state index contributed by atoms with van der Waals surface area (Å²) in [5.74, 6) is 2.39. The Morgan fingerprint density at radius 1 is 1.62 bits per heavy atom. The fourth-order valence-corrected chi connectivity index (χ4v) is 1.59. The molecule has 0 spiro atoms. The van der Waals surface area contributed by atoms with E-state index in [0.717, 1.165) is 0 Å². The molecule has 4 unspecified atom stereocenters. The molecule has 1 saturated heterocycles. The minimum atomic E-state index is -0.565. The largest absolute Gasteiger partial charge is 0.388 e. The molecule has 4 atom stereocenters. The summed E-state index contributed by atoms with van der Waals surface area (Å²) in [4.78, 5) is 0. The summed E-state index contributed by atoms with van der Waals surface area (Å²) in [7, 11) is 0. The van der Waals surface area contributed by atoms with Crippen LogP contribution in [0.15, 0.2) is 0 Å². The molecule has 1 aliphatic rings. The molecule has 0 radical (unpaired) electrons. The molecule has 13 heavy (non-hydrogen) atoms. The van der Waals surface area contributed by atoms with E-state index < -0.39 is 6.10 Å². The van der Waals surface area contributed by atoms with Gasteiger partial charge in [0.1, 0.15) is 12.7 Å². The van der Waals surface area contributed by atoms with Gasteiger partial charge in [-0.25, -0.2) is 0 Å². The lowest BCUT2D eigenvalue weighted by atomic mass is 9.99. The van der Waals surface area contributed by atoms with Crippen molar-refractivity contribution in [3.63, 3.8) is 0 Å². The van der Waals surface area contributed by atoms with Gasteiger partial charge in [-0.1, -0.05) is 5.92 Å². The zero-order valence-electron chi connectivity index (χ0n) is 8.06. The lowest BCUT2D eigenvalue weighted by molar-refractivity contribution is -0.169. The van der Waals surface area contributed by atoms with E-state index in [1.807, 2.05) is 13.8 Å². The molecule has 1 fully saturated rings. The number of hydrogen-bond acceptors (Lipinski definition) is 3. The highest BCUT2D eigenvalue weighted by molar-refractivity contribution is 4.87. The van der Waals surface area contributed by atoms with Crippen LogP contribution in [0.1, 0.15) is 20.3 Å². The topological polar surface area (TPSA) is 38.7 Å². The number of aliphatic hydroxyl groups excluding tert-OH is 1. The van der Waals surface area contributed by atoms with Gasteiger partial charge in [0.15, 0.2) is 0 Å². The molecular formula is C10H16O3. The van der Waals surface area contributed by atoms with Crippen molar-refractivity contribution in [1.82, 2.24) is 0 Å². The Morgan fingerprint density at radius 2 is 2.31 bits per heavy atom. The summed E-state index contributed by atoms with van der Waals surface area (Å²) in [5.41, 5.74) is 0. The van der Waals surface area contributed by atoms with Crippen molar-refractivity contribution in [2.75, 3.05) is 6.61 Å². The zero-order chi connectivity index (χ0) is 9.84. The maximum absolute atomic E-state index is 9.66. The van der Waals surface area contributed by atoms with Crippen molar-refractivity contribution in [3.8, 4) is 12.3 Å². The molecule has 0 amide bonds.